The van der Waals surface area contributed by atoms with Gasteiger partial charge in [-0.1, -0.05) is 178 Å². The summed E-state index contributed by atoms with van der Waals surface area (Å²) >= 11 is 0. The van der Waals surface area contributed by atoms with Gasteiger partial charge in [-0.2, -0.15) is 0 Å². The molecule has 71 heavy (non-hydrogen) atoms. The van der Waals surface area contributed by atoms with Crippen LogP contribution in [-0.4, -0.2) is 14.1 Å². The van der Waals surface area contributed by atoms with Crippen LogP contribution in [0.15, 0.2) is 237 Å². The Labute approximate surface area is 427 Å². The number of fused-ring (bicyclic) bond motifs is 11. The van der Waals surface area contributed by atoms with Gasteiger partial charge in [-0.15, -0.1) is 0 Å². The third kappa shape index (κ3) is 7.33. The van der Waals surface area contributed by atoms with E-state index in [2.05, 4.69) is 74.1 Å². The van der Waals surface area contributed by atoms with Crippen LogP contribution in [0.4, 0.5) is 0 Å². The molecule has 0 amide bonds. The zero-order valence-electron chi connectivity index (χ0n) is 48.9. The summed E-state index contributed by atoms with van der Waals surface area (Å²) < 4.78 is 102. The molecule has 0 saturated carbocycles. The number of para-hydroxylation sites is 1. The molecule has 9 aromatic carbocycles. The van der Waals surface area contributed by atoms with E-state index in [9.17, 15) is 5.48 Å². The fraction of sp³-hybridized carbons (Fsp3) is 0.0606. The van der Waals surface area contributed by atoms with E-state index in [1.165, 1.54) is 0 Å². The minimum atomic E-state index is -0.557. The third-order valence-electron chi connectivity index (χ3n) is 13.4. The lowest BCUT2D eigenvalue weighted by Crippen LogP contribution is -2.29. The molecule has 13 rings (SSSR count). The number of benzene rings is 9. The second-order valence-corrected chi connectivity index (χ2v) is 18.7. The Balaban J connectivity index is 1.04. The fourth-order valence-corrected chi connectivity index (χ4v) is 10.0. The zero-order chi connectivity index (χ0) is 56.3. The molecule has 3 aromatic heterocycles. The van der Waals surface area contributed by atoms with Crippen LogP contribution in [-0.2, 0) is 5.41 Å². The second kappa shape index (κ2) is 16.9. The van der Waals surface area contributed by atoms with Crippen LogP contribution >= 0.6 is 0 Å². The van der Waals surface area contributed by atoms with E-state index in [1.807, 2.05) is 103 Å². The van der Waals surface area contributed by atoms with Crippen molar-refractivity contribution in [3.05, 3.63) is 249 Å². The minimum Gasteiger partial charge on any atom is -0.458 e. The van der Waals surface area contributed by atoms with Crippen molar-refractivity contribution in [2.24, 2.45) is 0 Å². The van der Waals surface area contributed by atoms with Crippen LogP contribution in [0.25, 0.3) is 106 Å². The van der Waals surface area contributed by atoms with Crippen LogP contribution in [0.3, 0.4) is 0 Å². The van der Waals surface area contributed by atoms with E-state index in [4.69, 9.17) is 17.9 Å². The Kier molecular flexibility index (Phi) is 7.75. The number of ether oxygens (including phenoxy) is 1. The van der Waals surface area contributed by atoms with Crippen molar-refractivity contribution in [2.45, 2.75) is 26.2 Å². The lowest BCUT2D eigenvalue weighted by molar-refractivity contribution is -0.598. The van der Waals surface area contributed by atoms with Gasteiger partial charge >= 0.3 is 0 Å². The number of nitrogens with zero attached hydrogens (tertiary/aromatic N) is 4. The molecule has 338 valence electrons. The molecule has 0 saturated heterocycles. The zero-order valence-corrected chi connectivity index (χ0v) is 38.9. The smallest absolute Gasteiger partial charge is 0.269 e. The monoisotopic (exact) mass is 922 g/mol. The summed E-state index contributed by atoms with van der Waals surface area (Å²) in [7, 11) is 0. The van der Waals surface area contributed by atoms with Crippen molar-refractivity contribution in [1.82, 2.24) is 14.1 Å². The molecule has 0 atom stereocenters. The Bertz CT molecular complexity index is 4580. The van der Waals surface area contributed by atoms with Gasteiger partial charge < -0.3 is 4.74 Å². The molecule has 0 spiro atoms. The molecule has 0 N–H and O–H groups in total. The van der Waals surface area contributed by atoms with Gasteiger partial charge in [0.05, 0.1) is 41.8 Å². The first-order chi connectivity index (χ1) is 39.0. The van der Waals surface area contributed by atoms with Gasteiger partial charge in [0.1, 0.15) is 17.3 Å². The molecule has 5 nitrogen and oxygen atoms in total. The fourth-order valence-electron chi connectivity index (χ4n) is 10.0. The molecule has 0 bridgehead atoms. The first-order valence-electron chi connectivity index (χ1n) is 28.4. The maximum absolute atomic E-state index is 9.40. The minimum absolute atomic E-state index is 0.0610. The summed E-state index contributed by atoms with van der Waals surface area (Å²) in [5.74, 6) is 1.71. The van der Waals surface area contributed by atoms with Crippen LogP contribution in [0.2, 0.25) is 0 Å². The van der Waals surface area contributed by atoms with Gasteiger partial charge in [0.25, 0.3) is 6.33 Å². The van der Waals surface area contributed by atoms with Crippen molar-refractivity contribution in [2.75, 3.05) is 0 Å². The number of hydrogen-bond acceptors (Lipinski definition) is 2. The van der Waals surface area contributed by atoms with Gasteiger partial charge in [-0.3, -0.25) is 13.7 Å². The summed E-state index contributed by atoms with van der Waals surface area (Å²) in [5, 5.41) is 2.07. The van der Waals surface area contributed by atoms with E-state index >= 15 is 0 Å². The number of aromatic nitrogens is 4. The Morgan fingerprint density at radius 2 is 1.08 bits per heavy atom. The maximum atomic E-state index is 9.40. The van der Waals surface area contributed by atoms with E-state index in [1.54, 1.807) is 39.6 Å². The number of pyridine rings is 1. The third-order valence-corrected chi connectivity index (χ3v) is 13.4. The quantitative estimate of drug-likeness (QED) is 0.118. The van der Waals surface area contributed by atoms with Crippen LogP contribution in [0.5, 0.6) is 11.5 Å². The summed E-state index contributed by atoms with van der Waals surface area (Å²) in [6.45, 7) is 6.52. The molecule has 1 aliphatic rings. The predicted octanol–water partition coefficient (Wildman–Crippen LogP) is 16.5. The standard InChI is InChI=1S/C66H48N4O/c1-66(2,3)46-35-36-67-65(37-46)70-61-32-17-16-31-56(61)57-34-33-49(39-63(57)70)71-48-24-18-23-47(38-48)69-43-68(42-64(69)45-21-8-5-9-22-45)62-41-60-55-30-15-13-28-53(55)51-26-11-10-25-50(51)52-27-12-14-29-54(52)59(60)40-58(62)44-19-6-4-7-20-44/h4-42H,1-3H3/i4D,5D,6D,7D,8D,9D,19D,20D,21D,22D. The van der Waals surface area contributed by atoms with Gasteiger partial charge in [0.15, 0.2) is 0 Å². The summed E-state index contributed by atoms with van der Waals surface area (Å²) in [5.41, 5.74) is 11.0. The summed E-state index contributed by atoms with van der Waals surface area (Å²) in [6, 6.07) is 48.5. The molecular formula is C66H48N4O. The van der Waals surface area contributed by atoms with Crippen molar-refractivity contribution >= 4 is 21.8 Å². The molecule has 0 aliphatic heterocycles. The lowest BCUT2D eigenvalue weighted by atomic mass is 9.80. The molecule has 0 fully saturated rings. The molecule has 12 aromatic rings. The average Bonchev–Trinajstić information content (AvgIpc) is 4.02. The van der Waals surface area contributed by atoms with Gasteiger partial charge in [0, 0.05) is 29.2 Å². The van der Waals surface area contributed by atoms with Gasteiger partial charge in [0.2, 0.25) is 0 Å². The van der Waals surface area contributed by atoms with Crippen molar-refractivity contribution in [3.63, 3.8) is 0 Å². The number of hydrogen-bond donors (Lipinski definition) is 0. The second-order valence-electron chi connectivity index (χ2n) is 18.7. The number of imidazole rings is 1. The lowest BCUT2D eigenvalue weighted by Gasteiger charge is -2.25. The first kappa shape index (κ1) is 32.6. The average molecular weight is 923 g/mol. The van der Waals surface area contributed by atoms with E-state index in [0.717, 1.165) is 77.7 Å². The van der Waals surface area contributed by atoms with E-state index in [0.29, 0.717) is 22.9 Å². The van der Waals surface area contributed by atoms with Crippen molar-refractivity contribution in [1.29, 1.82) is 0 Å². The Morgan fingerprint density at radius 1 is 0.507 bits per heavy atom. The molecular weight excluding hydrogens is 865 g/mol. The molecule has 1 aliphatic carbocycles. The van der Waals surface area contributed by atoms with E-state index < -0.39 is 60.4 Å². The van der Waals surface area contributed by atoms with Crippen LogP contribution in [0.1, 0.15) is 40.0 Å². The Morgan fingerprint density at radius 3 is 1.75 bits per heavy atom. The predicted molar refractivity (Wildman–Crippen MR) is 290 cm³/mol. The van der Waals surface area contributed by atoms with E-state index in [-0.39, 0.29) is 27.8 Å². The highest BCUT2D eigenvalue weighted by Crippen LogP contribution is 2.49. The SMILES string of the molecule is [2H]c1c([2H])c([2H])c(-c2cc3c(cc2-[n+]2[c-]n(-c4cccc(Oc5ccc6c7ccccc7n(-c7cc(C(C)(C)C)ccn7)c6c5)c4)c(-c4c([2H])c([2H])c([2H])c([2H])c4[2H])c2)-c2ccccc2-c2ccccc2-c2ccccc2-3)c([2H])c1[2H]. The summed E-state index contributed by atoms with van der Waals surface area (Å²) in [4.78, 5) is 4.85. The molecule has 3 heterocycles. The highest BCUT2D eigenvalue weighted by molar-refractivity contribution is 6.09. The Hall–Kier alpha value is -9.06. The van der Waals surface area contributed by atoms with Gasteiger partial charge in [-0.05, 0) is 133 Å². The van der Waals surface area contributed by atoms with Crippen LogP contribution < -0.4 is 9.30 Å². The maximum Gasteiger partial charge on any atom is 0.269 e. The summed E-state index contributed by atoms with van der Waals surface area (Å²) in [6.07, 6.45) is 6.90. The largest absolute Gasteiger partial charge is 0.458 e. The normalized spacial score (nSPS) is 13.8. The molecule has 0 unspecified atom stereocenters. The first-order valence-corrected chi connectivity index (χ1v) is 23.4. The van der Waals surface area contributed by atoms with Crippen molar-refractivity contribution < 1.29 is 23.0 Å². The molecule has 0 radical (unpaired) electrons. The highest BCUT2D eigenvalue weighted by Gasteiger charge is 2.25. The topological polar surface area (TPSA) is 35.9 Å². The van der Waals surface area contributed by atoms with Gasteiger partial charge in [-0.25, -0.2) is 4.98 Å². The highest BCUT2D eigenvalue weighted by atomic mass is 16.5. The number of rotatable bonds is 7. The van der Waals surface area contributed by atoms with Crippen LogP contribution in [0, 0.1) is 6.33 Å². The molecule has 5 heteroatoms. The van der Waals surface area contributed by atoms with Crippen molar-refractivity contribution in [3.8, 4) is 95.6 Å².